The predicted octanol–water partition coefficient (Wildman–Crippen LogP) is 7.48. The topological polar surface area (TPSA) is 46.0 Å². The molecular weight excluding hydrogens is 380 g/mol. The number of aromatic nitrogens is 2. The Hall–Kier alpha value is -1.74. The van der Waals surface area contributed by atoms with Crippen molar-refractivity contribution in [2.24, 2.45) is 5.92 Å². The first kappa shape index (κ1) is 23.9. The molecule has 0 bridgehead atoms. The molecule has 1 aliphatic rings. The highest BCUT2D eigenvalue weighted by Crippen LogP contribution is 2.36. The number of aryl methyl sites for hydroxylation is 1. The number of unbranched alkanes of at least 4 members (excludes halogenated alkanes) is 4. The zero-order valence-corrected chi connectivity index (χ0v) is 19.7. The fraction of sp³-hybridized carbons (Fsp3) is 0.643. The van der Waals surface area contributed by atoms with Gasteiger partial charge in [-0.3, -0.25) is 0 Å². The van der Waals surface area contributed by atoms with Crippen LogP contribution in [0.25, 0.3) is 11.1 Å². The molecular formula is C28H42N2O. The summed E-state index contributed by atoms with van der Waals surface area (Å²) in [6.45, 7) is 4.16. The molecule has 1 N–H and O–H groups in total. The van der Waals surface area contributed by atoms with Crippen LogP contribution in [-0.2, 0) is 6.42 Å². The van der Waals surface area contributed by atoms with Crippen molar-refractivity contribution in [1.82, 2.24) is 9.97 Å². The molecule has 1 unspecified atom stereocenters. The third-order valence-corrected chi connectivity index (χ3v) is 6.97. The number of hydrogen-bond acceptors (Lipinski definition) is 3. The van der Waals surface area contributed by atoms with Crippen LogP contribution >= 0.6 is 0 Å². The second-order valence-electron chi connectivity index (χ2n) is 9.69. The number of aliphatic hydroxyl groups is 1. The van der Waals surface area contributed by atoms with Crippen LogP contribution in [-0.4, -0.2) is 21.2 Å². The minimum absolute atomic E-state index is 0.168. The predicted molar refractivity (Wildman–Crippen MR) is 130 cm³/mol. The van der Waals surface area contributed by atoms with Crippen LogP contribution in [0.4, 0.5) is 0 Å². The molecule has 1 aromatic carbocycles. The van der Waals surface area contributed by atoms with Gasteiger partial charge < -0.3 is 5.11 Å². The van der Waals surface area contributed by atoms with Crippen molar-refractivity contribution in [3.05, 3.63) is 48.0 Å². The van der Waals surface area contributed by atoms with E-state index in [0.29, 0.717) is 5.92 Å². The van der Waals surface area contributed by atoms with E-state index in [1.807, 2.05) is 19.3 Å². The minimum atomic E-state index is -0.168. The Morgan fingerprint density at radius 1 is 0.871 bits per heavy atom. The molecule has 31 heavy (non-hydrogen) atoms. The number of rotatable bonds is 12. The van der Waals surface area contributed by atoms with Crippen LogP contribution < -0.4 is 0 Å². The Kier molecular flexibility index (Phi) is 9.99. The molecule has 0 spiro atoms. The summed E-state index contributed by atoms with van der Waals surface area (Å²) in [6, 6.07) is 8.87. The summed E-state index contributed by atoms with van der Waals surface area (Å²) in [5.41, 5.74) is 3.69. The van der Waals surface area contributed by atoms with Gasteiger partial charge in [0, 0.05) is 23.9 Å². The van der Waals surface area contributed by atoms with Crippen molar-refractivity contribution in [2.75, 3.05) is 0 Å². The summed E-state index contributed by atoms with van der Waals surface area (Å²) in [5, 5.41) is 9.34. The minimum Gasteiger partial charge on any atom is -0.393 e. The van der Waals surface area contributed by atoms with Crippen molar-refractivity contribution >= 4 is 0 Å². The zero-order chi connectivity index (χ0) is 21.9. The Labute approximate surface area is 189 Å². The SMILES string of the molecule is CCCCCC1CCC(c2ncc(-c3ccc(CCCCCC(C)O)cc3)cn2)CC1. The lowest BCUT2D eigenvalue weighted by molar-refractivity contribution is 0.180. The van der Waals surface area contributed by atoms with Crippen LogP contribution in [0.1, 0.15) is 108 Å². The molecule has 0 saturated heterocycles. The van der Waals surface area contributed by atoms with Crippen LogP contribution in [0.3, 0.4) is 0 Å². The van der Waals surface area contributed by atoms with Crippen molar-refractivity contribution in [3.8, 4) is 11.1 Å². The van der Waals surface area contributed by atoms with E-state index >= 15 is 0 Å². The second kappa shape index (κ2) is 13.0. The number of hydrogen-bond donors (Lipinski definition) is 1. The van der Waals surface area contributed by atoms with Gasteiger partial charge in [-0.25, -0.2) is 9.97 Å². The molecule has 1 fully saturated rings. The van der Waals surface area contributed by atoms with E-state index in [2.05, 4.69) is 31.2 Å². The Balaban J connectivity index is 1.44. The average molecular weight is 423 g/mol. The van der Waals surface area contributed by atoms with Gasteiger partial charge in [0.05, 0.1) is 6.10 Å². The van der Waals surface area contributed by atoms with E-state index in [9.17, 15) is 5.11 Å². The first-order chi connectivity index (χ1) is 15.2. The molecule has 1 aliphatic carbocycles. The maximum absolute atomic E-state index is 9.34. The number of nitrogens with zero attached hydrogens (tertiary/aromatic N) is 2. The van der Waals surface area contributed by atoms with E-state index in [4.69, 9.17) is 9.97 Å². The lowest BCUT2D eigenvalue weighted by Gasteiger charge is -2.27. The zero-order valence-electron chi connectivity index (χ0n) is 19.7. The highest BCUT2D eigenvalue weighted by Gasteiger charge is 2.23. The molecule has 2 aromatic rings. The molecule has 0 aliphatic heterocycles. The van der Waals surface area contributed by atoms with Gasteiger partial charge in [-0.05, 0) is 68.9 Å². The fourth-order valence-electron chi connectivity index (χ4n) is 4.90. The Morgan fingerprint density at radius 3 is 2.23 bits per heavy atom. The largest absolute Gasteiger partial charge is 0.393 e. The van der Waals surface area contributed by atoms with Gasteiger partial charge in [0.1, 0.15) is 5.82 Å². The Bertz CT molecular complexity index is 731. The number of benzene rings is 1. The maximum atomic E-state index is 9.34. The standard InChI is InChI=1S/C28H42N2O/c1-3-4-6-10-23-14-18-26(19-15-23)28-29-20-27(21-30-28)25-16-12-24(13-17-25)11-8-5-7-9-22(2)31/h12-13,16-17,20-23,26,31H,3-11,14-15,18-19H2,1-2H3. The fourth-order valence-corrected chi connectivity index (χ4v) is 4.90. The van der Waals surface area contributed by atoms with Crippen LogP contribution in [0, 0.1) is 5.92 Å². The van der Waals surface area contributed by atoms with Gasteiger partial charge in [0.25, 0.3) is 0 Å². The quantitative estimate of drug-likeness (QED) is 0.361. The van der Waals surface area contributed by atoms with E-state index in [0.717, 1.165) is 36.6 Å². The summed E-state index contributed by atoms with van der Waals surface area (Å²) in [6.07, 6.45) is 20.1. The van der Waals surface area contributed by atoms with Gasteiger partial charge >= 0.3 is 0 Å². The van der Waals surface area contributed by atoms with E-state index in [1.165, 1.54) is 75.3 Å². The normalized spacial score (nSPS) is 20.0. The molecule has 1 saturated carbocycles. The first-order valence-electron chi connectivity index (χ1n) is 12.7. The summed E-state index contributed by atoms with van der Waals surface area (Å²) in [7, 11) is 0. The molecule has 0 radical (unpaired) electrons. The molecule has 3 heteroatoms. The van der Waals surface area contributed by atoms with Crippen molar-refractivity contribution < 1.29 is 5.11 Å². The monoisotopic (exact) mass is 422 g/mol. The molecule has 170 valence electrons. The second-order valence-corrected chi connectivity index (χ2v) is 9.69. The summed E-state index contributed by atoms with van der Waals surface area (Å²) >= 11 is 0. The highest BCUT2D eigenvalue weighted by molar-refractivity contribution is 5.61. The summed E-state index contributed by atoms with van der Waals surface area (Å²) in [5.74, 6) is 2.52. The van der Waals surface area contributed by atoms with Gasteiger partial charge in [0.15, 0.2) is 0 Å². The van der Waals surface area contributed by atoms with Crippen LogP contribution in [0.2, 0.25) is 0 Å². The van der Waals surface area contributed by atoms with Gasteiger partial charge in [-0.2, -0.15) is 0 Å². The number of aliphatic hydroxyl groups excluding tert-OH is 1. The lowest BCUT2D eigenvalue weighted by Crippen LogP contribution is -2.15. The van der Waals surface area contributed by atoms with Gasteiger partial charge in [-0.15, -0.1) is 0 Å². The van der Waals surface area contributed by atoms with Crippen LogP contribution in [0.15, 0.2) is 36.7 Å². The van der Waals surface area contributed by atoms with E-state index in [-0.39, 0.29) is 6.10 Å². The molecule has 1 heterocycles. The Morgan fingerprint density at radius 2 is 1.58 bits per heavy atom. The summed E-state index contributed by atoms with van der Waals surface area (Å²) < 4.78 is 0. The van der Waals surface area contributed by atoms with Crippen molar-refractivity contribution in [3.63, 3.8) is 0 Å². The summed E-state index contributed by atoms with van der Waals surface area (Å²) in [4.78, 5) is 9.51. The van der Waals surface area contributed by atoms with Crippen LogP contribution in [0.5, 0.6) is 0 Å². The average Bonchev–Trinajstić information content (AvgIpc) is 2.80. The maximum Gasteiger partial charge on any atom is 0.131 e. The first-order valence-corrected chi connectivity index (χ1v) is 12.7. The van der Waals surface area contributed by atoms with Gasteiger partial charge in [-0.1, -0.05) is 69.7 Å². The third-order valence-electron chi connectivity index (χ3n) is 6.97. The van der Waals surface area contributed by atoms with E-state index < -0.39 is 0 Å². The molecule has 0 amide bonds. The van der Waals surface area contributed by atoms with Gasteiger partial charge in [0.2, 0.25) is 0 Å². The smallest absolute Gasteiger partial charge is 0.131 e. The highest BCUT2D eigenvalue weighted by atomic mass is 16.3. The van der Waals surface area contributed by atoms with E-state index in [1.54, 1.807) is 0 Å². The van der Waals surface area contributed by atoms with Crippen molar-refractivity contribution in [1.29, 1.82) is 0 Å². The lowest BCUT2D eigenvalue weighted by atomic mass is 9.79. The molecule has 3 nitrogen and oxygen atoms in total. The third kappa shape index (κ3) is 8.03. The van der Waals surface area contributed by atoms with Crippen molar-refractivity contribution in [2.45, 2.75) is 109 Å². The molecule has 1 atom stereocenters. The molecule has 1 aromatic heterocycles. The molecule has 3 rings (SSSR count).